The van der Waals surface area contributed by atoms with Gasteiger partial charge in [-0.15, -0.1) is 10.2 Å². The van der Waals surface area contributed by atoms with E-state index in [4.69, 9.17) is 9.15 Å². The fourth-order valence-electron chi connectivity index (χ4n) is 3.97. The molecule has 0 unspecified atom stereocenters. The van der Waals surface area contributed by atoms with Gasteiger partial charge in [-0.3, -0.25) is 14.7 Å². The maximum Gasteiger partial charge on any atom is 0.248 e. The molecule has 5 rings (SSSR count). The van der Waals surface area contributed by atoms with Gasteiger partial charge >= 0.3 is 0 Å². The zero-order chi connectivity index (χ0) is 25.5. The highest BCUT2D eigenvalue weighted by atomic mass is 32.2. The quantitative estimate of drug-likeness (QED) is 0.350. The highest BCUT2D eigenvalue weighted by molar-refractivity contribution is 7.92. The van der Waals surface area contributed by atoms with Crippen LogP contribution in [0.25, 0.3) is 33.5 Å². The monoisotopic (exact) mass is 533 g/mol. The van der Waals surface area contributed by atoms with Crippen LogP contribution >= 0.6 is 0 Å². The van der Waals surface area contributed by atoms with Crippen molar-refractivity contribution < 1.29 is 26.0 Å². The minimum absolute atomic E-state index is 0.109. The predicted octanol–water partition coefficient (Wildman–Crippen LogP) is 1.29. The third kappa shape index (κ3) is 5.17. The average Bonchev–Trinajstić information content (AvgIpc) is 3.48. The van der Waals surface area contributed by atoms with Crippen LogP contribution in [0.3, 0.4) is 0 Å². The second-order valence-corrected chi connectivity index (χ2v) is 12.5. The lowest BCUT2D eigenvalue weighted by atomic mass is 10.0. The van der Waals surface area contributed by atoms with Gasteiger partial charge in [-0.25, -0.2) is 21.8 Å². The Kier molecular flexibility index (Phi) is 6.13. The Balaban J connectivity index is 1.49. The maximum atomic E-state index is 11.8. The molecule has 0 bridgehead atoms. The molecule has 1 fully saturated rings. The Hall–Kier alpha value is -3.56. The lowest BCUT2D eigenvalue weighted by Crippen LogP contribution is -2.39. The molecule has 13 nitrogen and oxygen atoms in total. The van der Waals surface area contributed by atoms with E-state index in [0.29, 0.717) is 47.7 Å². The molecule has 0 amide bonds. The molecule has 15 heteroatoms. The van der Waals surface area contributed by atoms with Gasteiger partial charge in [0, 0.05) is 30.2 Å². The molecule has 2 N–H and O–H groups in total. The van der Waals surface area contributed by atoms with E-state index in [1.54, 1.807) is 18.5 Å². The van der Waals surface area contributed by atoms with E-state index in [0.717, 1.165) is 11.6 Å². The smallest absolute Gasteiger partial charge is 0.248 e. The molecule has 0 aliphatic carbocycles. The molecule has 1 saturated heterocycles. The number of rotatable bonds is 7. The standard InChI is InChI=1S/C21H23N7O6S2/c1-33-21-18(27-35(2,29)30)9-14(10-22-21)13-7-15(16-11-23-24-17(16)8-13)20-26-25-19(34-20)12-28-3-5-36(31,32)6-4-28/h7-11,27H,3-6,12H2,1-2H3,(H,23,24). The predicted molar refractivity (Wildman–Crippen MR) is 132 cm³/mol. The van der Waals surface area contributed by atoms with Crippen molar-refractivity contribution in [3.63, 3.8) is 0 Å². The Morgan fingerprint density at radius 2 is 1.92 bits per heavy atom. The number of methoxy groups -OCH3 is 1. The number of nitrogens with zero attached hydrogens (tertiary/aromatic N) is 5. The molecular formula is C21H23N7O6S2. The van der Waals surface area contributed by atoms with Crippen molar-refractivity contribution in [2.24, 2.45) is 0 Å². The van der Waals surface area contributed by atoms with E-state index in [2.05, 4.69) is 30.1 Å². The summed E-state index contributed by atoms with van der Waals surface area (Å²) in [4.78, 5) is 6.19. The molecular weight excluding hydrogens is 510 g/mol. The van der Waals surface area contributed by atoms with Gasteiger partial charge in [0.25, 0.3) is 0 Å². The molecule has 1 aliphatic heterocycles. The number of hydrogen-bond donors (Lipinski definition) is 2. The van der Waals surface area contributed by atoms with E-state index >= 15 is 0 Å². The van der Waals surface area contributed by atoms with Crippen LogP contribution < -0.4 is 9.46 Å². The van der Waals surface area contributed by atoms with Gasteiger partial charge in [0.2, 0.25) is 27.7 Å². The minimum Gasteiger partial charge on any atom is -0.480 e. The zero-order valence-corrected chi connectivity index (χ0v) is 21.1. The molecule has 36 heavy (non-hydrogen) atoms. The van der Waals surface area contributed by atoms with Crippen molar-refractivity contribution in [2.75, 3.05) is 42.7 Å². The average molecular weight is 534 g/mol. The minimum atomic E-state index is -3.56. The van der Waals surface area contributed by atoms with Crippen molar-refractivity contribution in [2.45, 2.75) is 6.54 Å². The number of H-pyrrole nitrogens is 1. The number of nitrogens with one attached hydrogen (secondary N) is 2. The fourth-order valence-corrected chi connectivity index (χ4v) is 5.79. The number of sulfonamides is 1. The maximum absolute atomic E-state index is 11.8. The summed E-state index contributed by atoms with van der Waals surface area (Å²) in [5.74, 6) is 1.00. The molecule has 0 spiro atoms. The number of pyridine rings is 1. The number of ether oxygens (including phenoxy) is 1. The van der Waals surface area contributed by atoms with Crippen molar-refractivity contribution >= 4 is 36.5 Å². The second kappa shape index (κ2) is 9.15. The van der Waals surface area contributed by atoms with E-state index in [1.807, 2.05) is 17.0 Å². The van der Waals surface area contributed by atoms with Crippen LogP contribution in [-0.2, 0) is 26.4 Å². The summed E-state index contributed by atoms with van der Waals surface area (Å²) in [6, 6.07) is 5.30. The number of aromatic nitrogens is 5. The van der Waals surface area contributed by atoms with Crippen molar-refractivity contribution in [1.29, 1.82) is 0 Å². The molecule has 0 radical (unpaired) electrons. The van der Waals surface area contributed by atoms with Crippen LogP contribution in [0.4, 0.5) is 5.69 Å². The largest absolute Gasteiger partial charge is 0.480 e. The molecule has 1 aliphatic rings. The highest BCUT2D eigenvalue weighted by Crippen LogP contribution is 2.35. The second-order valence-electron chi connectivity index (χ2n) is 8.44. The number of sulfone groups is 1. The van der Waals surface area contributed by atoms with Crippen LogP contribution in [0.1, 0.15) is 5.89 Å². The zero-order valence-electron chi connectivity index (χ0n) is 19.4. The molecule has 0 saturated carbocycles. The molecule has 4 aromatic rings. The number of anilines is 1. The lowest BCUT2D eigenvalue weighted by Gasteiger charge is -2.24. The summed E-state index contributed by atoms with van der Waals surface area (Å²) in [5, 5.41) is 16.2. The van der Waals surface area contributed by atoms with Crippen LogP contribution in [-0.4, -0.2) is 85.1 Å². The normalized spacial score (nSPS) is 16.3. The van der Waals surface area contributed by atoms with Crippen LogP contribution in [0, 0.1) is 0 Å². The van der Waals surface area contributed by atoms with E-state index < -0.39 is 19.9 Å². The van der Waals surface area contributed by atoms with Gasteiger partial charge < -0.3 is 9.15 Å². The van der Waals surface area contributed by atoms with Gasteiger partial charge in [-0.1, -0.05) is 0 Å². The first-order valence-electron chi connectivity index (χ1n) is 10.8. The molecule has 0 atom stereocenters. The first-order chi connectivity index (χ1) is 17.1. The Labute approximate surface area is 206 Å². The summed E-state index contributed by atoms with van der Waals surface area (Å²) in [5.41, 5.74) is 2.86. The van der Waals surface area contributed by atoms with Gasteiger partial charge in [0.1, 0.15) is 5.69 Å². The Bertz CT molecular complexity index is 1630. The SMILES string of the molecule is COc1ncc(-c2cc(-c3nnc(CN4CCS(=O)(=O)CC4)o3)c3cn[nH]c3c2)cc1NS(C)(=O)=O. The first kappa shape index (κ1) is 24.1. The number of fused-ring (bicyclic) bond motifs is 1. The van der Waals surface area contributed by atoms with Crippen LogP contribution in [0.5, 0.6) is 5.88 Å². The van der Waals surface area contributed by atoms with Gasteiger partial charge in [-0.05, 0) is 23.8 Å². The highest BCUT2D eigenvalue weighted by Gasteiger charge is 2.24. The van der Waals surface area contributed by atoms with Crippen molar-refractivity contribution in [3.8, 4) is 28.5 Å². The number of hydrogen-bond acceptors (Lipinski definition) is 11. The molecule has 1 aromatic carbocycles. The van der Waals surface area contributed by atoms with E-state index in [1.165, 1.54) is 7.11 Å². The Morgan fingerprint density at radius 3 is 2.64 bits per heavy atom. The topological polar surface area (TPSA) is 173 Å². The third-order valence-electron chi connectivity index (χ3n) is 5.73. The van der Waals surface area contributed by atoms with Gasteiger partial charge in [0.15, 0.2) is 9.84 Å². The van der Waals surface area contributed by atoms with Crippen LogP contribution in [0.2, 0.25) is 0 Å². The van der Waals surface area contributed by atoms with E-state index in [9.17, 15) is 16.8 Å². The van der Waals surface area contributed by atoms with Gasteiger partial charge in [-0.2, -0.15) is 5.10 Å². The Morgan fingerprint density at radius 1 is 1.14 bits per heavy atom. The van der Waals surface area contributed by atoms with E-state index in [-0.39, 0.29) is 29.0 Å². The van der Waals surface area contributed by atoms with Crippen LogP contribution in [0.15, 0.2) is 35.0 Å². The summed E-state index contributed by atoms with van der Waals surface area (Å²) in [7, 11) is -5.14. The third-order valence-corrected chi connectivity index (χ3v) is 7.92. The fraction of sp³-hybridized carbons (Fsp3) is 0.333. The number of aromatic amines is 1. The lowest BCUT2D eigenvalue weighted by molar-refractivity contribution is 0.258. The summed E-state index contributed by atoms with van der Waals surface area (Å²) in [6.45, 7) is 1.17. The molecule has 4 heterocycles. The van der Waals surface area contributed by atoms with Crippen molar-refractivity contribution in [1.82, 2.24) is 30.3 Å². The summed E-state index contributed by atoms with van der Waals surface area (Å²) < 4.78 is 60.5. The number of benzene rings is 1. The first-order valence-corrected chi connectivity index (χ1v) is 14.6. The van der Waals surface area contributed by atoms with Gasteiger partial charge in [0.05, 0.1) is 48.7 Å². The van der Waals surface area contributed by atoms with Crippen molar-refractivity contribution in [3.05, 3.63) is 36.5 Å². The summed E-state index contributed by atoms with van der Waals surface area (Å²) >= 11 is 0. The molecule has 190 valence electrons. The molecule has 3 aromatic heterocycles. The summed E-state index contributed by atoms with van der Waals surface area (Å²) in [6.07, 6.45) is 4.26.